The van der Waals surface area contributed by atoms with Gasteiger partial charge < -0.3 is 14.8 Å². The van der Waals surface area contributed by atoms with Crippen LogP contribution in [0.5, 0.6) is 5.75 Å². The van der Waals surface area contributed by atoms with Gasteiger partial charge in [0.25, 0.3) is 5.91 Å². The minimum absolute atomic E-state index is 0.0238. The summed E-state index contributed by atoms with van der Waals surface area (Å²) in [6, 6.07) is 16.1. The van der Waals surface area contributed by atoms with Crippen molar-refractivity contribution >= 4 is 17.6 Å². The minimum atomic E-state index is -1.04. The average Bonchev–Trinajstić information content (AvgIpc) is 2.67. The molecule has 0 aliphatic heterocycles. The zero-order valence-corrected chi connectivity index (χ0v) is 17.4. The first kappa shape index (κ1) is 22.0. The molecule has 0 saturated heterocycles. The van der Waals surface area contributed by atoms with E-state index in [-0.39, 0.29) is 5.41 Å². The number of amides is 1. The van der Waals surface area contributed by atoms with E-state index in [1.807, 2.05) is 18.2 Å². The van der Waals surface area contributed by atoms with Gasteiger partial charge in [0.2, 0.25) is 0 Å². The van der Waals surface area contributed by atoms with Crippen molar-refractivity contribution in [1.29, 1.82) is 5.26 Å². The lowest BCUT2D eigenvalue weighted by Gasteiger charge is -2.20. The summed E-state index contributed by atoms with van der Waals surface area (Å²) in [4.78, 5) is 24.6. The van der Waals surface area contributed by atoms with Gasteiger partial charge in [-0.3, -0.25) is 4.79 Å². The molecule has 2 aromatic carbocycles. The third-order valence-electron chi connectivity index (χ3n) is 4.33. The predicted molar refractivity (Wildman–Crippen MR) is 111 cm³/mol. The summed E-state index contributed by atoms with van der Waals surface area (Å²) >= 11 is 0. The Bertz CT molecular complexity index is 908. The van der Waals surface area contributed by atoms with Gasteiger partial charge >= 0.3 is 5.97 Å². The monoisotopic (exact) mass is 394 g/mol. The second-order valence-electron chi connectivity index (χ2n) is 7.76. The maximum atomic E-state index is 12.3. The molecule has 0 aromatic heterocycles. The number of nitrogens with zero attached hydrogens (tertiary/aromatic N) is 1. The van der Waals surface area contributed by atoms with E-state index in [4.69, 9.17) is 14.7 Å². The molecule has 6 nitrogen and oxygen atoms in total. The van der Waals surface area contributed by atoms with E-state index < -0.39 is 24.1 Å². The van der Waals surface area contributed by atoms with Crippen LogP contribution >= 0.6 is 0 Å². The number of nitriles is 1. The first-order valence-electron chi connectivity index (χ1n) is 9.39. The molecule has 1 amide bonds. The van der Waals surface area contributed by atoms with E-state index in [2.05, 4.69) is 26.1 Å². The summed E-state index contributed by atoms with van der Waals surface area (Å²) < 4.78 is 10.8. The van der Waals surface area contributed by atoms with Crippen molar-refractivity contribution in [1.82, 2.24) is 0 Å². The Kier molecular flexibility index (Phi) is 7.00. The molecular formula is C23H26N2O4. The van der Waals surface area contributed by atoms with Crippen LogP contribution < -0.4 is 10.1 Å². The van der Waals surface area contributed by atoms with E-state index in [1.54, 1.807) is 43.3 Å². The smallest absolute Gasteiger partial charge is 0.347 e. The van der Waals surface area contributed by atoms with E-state index in [1.165, 1.54) is 6.92 Å². The number of carbonyl (C=O) groups excluding carboxylic acids is 2. The molecule has 29 heavy (non-hydrogen) atoms. The fraction of sp³-hybridized carbons (Fsp3) is 0.348. The molecule has 0 aliphatic carbocycles. The first-order valence-corrected chi connectivity index (χ1v) is 9.39. The number of nitrogens with one attached hydrogen (secondary N) is 1. The fourth-order valence-electron chi connectivity index (χ4n) is 2.53. The average molecular weight is 394 g/mol. The lowest BCUT2D eigenvalue weighted by atomic mass is 9.87. The summed E-state index contributed by atoms with van der Waals surface area (Å²) in [6.45, 7) is 9.38. The summed E-state index contributed by atoms with van der Waals surface area (Å²) in [5, 5.41) is 11.7. The summed E-state index contributed by atoms with van der Waals surface area (Å²) in [7, 11) is 0. The highest BCUT2D eigenvalue weighted by atomic mass is 16.6. The van der Waals surface area contributed by atoms with Crippen LogP contribution in [0.4, 0.5) is 5.69 Å². The third-order valence-corrected chi connectivity index (χ3v) is 4.33. The van der Waals surface area contributed by atoms with Crippen LogP contribution in [0.25, 0.3) is 0 Å². The second kappa shape index (κ2) is 9.24. The van der Waals surface area contributed by atoms with Gasteiger partial charge in [-0.05, 0) is 49.1 Å². The number of rotatable bonds is 6. The van der Waals surface area contributed by atoms with Crippen LogP contribution in [0.15, 0.2) is 48.5 Å². The van der Waals surface area contributed by atoms with Gasteiger partial charge in [-0.25, -0.2) is 4.79 Å². The van der Waals surface area contributed by atoms with Crippen LogP contribution in [0, 0.1) is 11.3 Å². The van der Waals surface area contributed by atoms with Gasteiger partial charge in [0.1, 0.15) is 11.8 Å². The molecule has 0 heterocycles. The van der Waals surface area contributed by atoms with Crippen molar-refractivity contribution in [2.24, 2.45) is 0 Å². The molecular weight excluding hydrogens is 368 g/mol. The quantitative estimate of drug-likeness (QED) is 0.742. The normalized spacial score (nSPS) is 13.0. The summed E-state index contributed by atoms with van der Waals surface area (Å²) in [5.74, 6) is -0.633. The van der Waals surface area contributed by atoms with Crippen molar-refractivity contribution in [3.05, 3.63) is 59.7 Å². The summed E-state index contributed by atoms with van der Waals surface area (Å²) in [5.41, 5.74) is 1.87. The second-order valence-corrected chi connectivity index (χ2v) is 7.76. The number of anilines is 1. The maximum Gasteiger partial charge on any atom is 0.347 e. The van der Waals surface area contributed by atoms with Crippen molar-refractivity contribution in [2.45, 2.75) is 52.2 Å². The van der Waals surface area contributed by atoms with E-state index in [0.717, 1.165) is 5.56 Å². The minimum Gasteiger partial charge on any atom is -0.479 e. The molecule has 0 aliphatic rings. The molecule has 2 rings (SSSR count). The van der Waals surface area contributed by atoms with Gasteiger partial charge in [0.15, 0.2) is 12.2 Å². The van der Waals surface area contributed by atoms with Gasteiger partial charge in [0, 0.05) is 0 Å². The number of para-hydroxylation sites is 1. The molecule has 152 valence electrons. The highest BCUT2D eigenvalue weighted by molar-refractivity contribution is 5.96. The van der Waals surface area contributed by atoms with Crippen LogP contribution in [0.2, 0.25) is 0 Å². The molecule has 0 unspecified atom stereocenters. The SMILES string of the molecule is C[C@H](OC(=O)[C@H](C)Oc1ccc(C(C)(C)C)cc1)C(=O)Nc1ccccc1C#N. The summed E-state index contributed by atoms with van der Waals surface area (Å²) in [6.07, 6.45) is -1.92. The van der Waals surface area contributed by atoms with Crippen molar-refractivity contribution in [3.63, 3.8) is 0 Å². The maximum absolute atomic E-state index is 12.3. The van der Waals surface area contributed by atoms with Crippen LogP contribution in [-0.4, -0.2) is 24.1 Å². The van der Waals surface area contributed by atoms with E-state index in [9.17, 15) is 9.59 Å². The van der Waals surface area contributed by atoms with Crippen LogP contribution in [0.3, 0.4) is 0 Å². The standard InChI is InChI=1S/C23H26N2O4/c1-15(21(26)25-20-9-7-6-8-17(20)14-24)29-22(27)16(2)28-19-12-10-18(11-13-19)23(3,4)5/h6-13,15-16H,1-5H3,(H,25,26)/t15-,16-/m0/s1. The number of esters is 1. The molecule has 6 heteroatoms. The zero-order valence-electron chi connectivity index (χ0n) is 17.4. The Morgan fingerprint density at radius 3 is 2.21 bits per heavy atom. The van der Waals surface area contributed by atoms with Crippen molar-refractivity contribution in [3.8, 4) is 11.8 Å². The molecule has 0 spiro atoms. The molecule has 0 fully saturated rings. The Balaban J connectivity index is 1.93. The number of hydrogen-bond donors (Lipinski definition) is 1. The highest BCUT2D eigenvalue weighted by Gasteiger charge is 2.24. The van der Waals surface area contributed by atoms with Crippen molar-refractivity contribution < 1.29 is 19.1 Å². The molecule has 0 saturated carbocycles. The number of carbonyl (C=O) groups is 2. The third kappa shape index (κ3) is 6.08. The van der Waals surface area contributed by atoms with Crippen LogP contribution in [0.1, 0.15) is 45.7 Å². The number of hydrogen-bond acceptors (Lipinski definition) is 5. The molecule has 0 bridgehead atoms. The van der Waals surface area contributed by atoms with Gasteiger partial charge in [-0.1, -0.05) is 45.0 Å². The van der Waals surface area contributed by atoms with Gasteiger partial charge in [-0.15, -0.1) is 0 Å². The Hall–Kier alpha value is -3.33. The Morgan fingerprint density at radius 2 is 1.62 bits per heavy atom. The molecule has 2 atom stereocenters. The van der Waals surface area contributed by atoms with Crippen LogP contribution in [-0.2, 0) is 19.7 Å². The Morgan fingerprint density at radius 1 is 1.00 bits per heavy atom. The Labute approximate surface area is 171 Å². The molecule has 0 radical (unpaired) electrons. The number of ether oxygens (including phenoxy) is 2. The first-order chi connectivity index (χ1) is 13.6. The van der Waals surface area contributed by atoms with Crippen molar-refractivity contribution in [2.75, 3.05) is 5.32 Å². The van der Waals surface area contributed by atoms with E-state index >= 15 is 0 Å². The molecule has 1 N–H and O–H groups in total. The van der Waals surface area contributed by atoms with E-state index in [0.29, 0.717) is 17.0 Å². The largest absolute Gasteiger partial charge is 0.479 e. The van der Waals surface area contributed by atoms with Gasteiger partial charge in [0.05, 0.1) is 11.3 Å². The lowest BCUT2D eigenvalue weighted by molar-refractivity contribution is -0.159. The fourth-order valence-corrected chi connectivity index (χ4v) is 2.53. The number of benzene rings is 2. The van der Waals surface area contributed by atoms with Gasteiger partial charge in [-0.2, -0.15) is 5.26 Å². The lowest BCUT2D eigenvalue weighted by Crippen LogP contribution is -2.35. The predicted octanol–water partition coefficient (Wildman–Crippen LogP) is 4.19. The molecule has 2 aromatic rings. The zero-order chi connectivity index (χ0) is 21.6. The highest BCUT2D eigenvalue weighted by Crippen LogP contribution is 2.24. The topological polar surface area (TPSA) is 88.4 Å².